The van der Waals surface area contributed by atoms with Crippen LogP contribution in [0.5, 0.6) is 0 Å². The third kappa shape index (κ3) is 12.3. The molecule has 18 nitrogen and oxygen atoms in total. The van der Waals surface area contributed by atoms with Gasteiger partial charge < -0.3 is 35.1 Å². The van der Waals surface area contributed by atoms with Crippen molar-refractivity contribution in [2.24, 2.45) is 0 Å². The predicted octanol–water partition coefficient (Wildman–Crippen LogP) is 8.70. The lowest BCUT2D eigenvalue weighted by Gasteiger charge is -2.49. The number of fused-ring (bicyclic) bond motifs is 2. The molecule has 4 aliphatic rings. The maximum atomic E-state index is 13.7. The fraction of sp³-hybridized carbons (Fsp3) is 0.431. The van der Waals surface area contributed by atoms with Gasteiger partial charge in [0.25, 0.3) is 10.0 Å². The van der Waals surface area contributed by atoms with Gasteiger partial charge in [-0.2, -0.15) is 0 Å². The number of nitrogens with zero attached hydrogens (tertiary/aromatic N) is 9. The third-order valence-corrected chi connectivity index (χ3v) is 17.3. The Kier molecular flexibility index (Phi) is 16.7. The first-order valence-electron chi connectivity index (χ1n) is 26.9. The van der Waals surface area contributed by atoms with Crippen LogP contribution in [0.25, 0.3) is 21.8 Å². The van der Waals surface area contributed by atoms with E-state index in [9.17, 15) is 31.6 Å². The number of nitrogens with one attached hydrogen (secondary N) is 3. The molecular formula is C58H69BrF2N12O6S. The first kappa shape index (κ1) is 57.6. The van der Waals surface area contributed by atoms with Crippen molar-refractivity contribution < 1.29 is 36.3 Å². The summed E-state index contributed by atoms with van der Waals surface area (Å²) in [5.41, 5.74) is 5.75. The van der Waals surface area contributed by atoms with E-state index >= 15 is 0 Å². The molecular weight excluding hydrogens is 1110 g/mol. The summed E-state index contributed by atoms with van der Waals surface area (Å²) in [5, 5.41) is 8.31. The van der Waals surface area contributed by atoms with E-state index in [-0.39, 0.29) is 28.3 Å². The normalized spacial score (nSPS) is 17.3. The van der Waals surface area contributed by atoms with Gasteiger partial charge in [0.05, 0.1) is 10.4 Å². The van der Waals surface area contributed by atoms with Gasteiger partial charge in [0.2, 0.25) is 23.7 Å². The smallest absolute Gasteiger partial charge is 0.411 e. The Labute approximate surface area is 473 Å². The number of hydrogen-bond donors (Lipinski definition) is 3. The first-order chi connectivity index (χ1) is 38.0. The second kappa shape index (κ2) is 23.2. The van der Waals surface area contributed by atoms with Crippen LogP contribution in [0.15, 0.2) is 90.1 Å². The summed E-state index contributed by atoms with van der Waals surface area (Å²) >= 11 is 3.32. The molecule has 7 aromatic rings. The molecule has 2 spiro atoms. The number of aromatic amines is 1. The Morgan fingerprint density at radius 1 is 0.713 bits per heavy atom. The van der Waals surface area contributed by atoms with E-state index in [4.69, 9.17) is 4.74 Å². The Morgan fingerprint density at radius 2 is 1.27 bits per heavy atom. The lowest BCUT2D eigenvalue weighted by molar-refractivity contribution is -0.143. The molecule has 11 rings (SSSR count). The van der Waals surface area contributed by atoms with Gasteiger partial charge in [0.1, 0.15) is 28.3 Å². The van der Waals surface area contributed by atoms with Crippen LogP contribution in [0.4, 0.5) is 25.5 Å². The van der Waals surface area contributed by atoms with E-state index in [0.29, 0.717) is 87.1 Å². The number of piperazine rings is 2. The fourth-order valence-corrected chi connectivity index (χ4v) is 12.9. The van der Waals surface area contributed by atoms with Crippen LogP contribution in [0.2, 0.25) is 0 Å². The van der Waals surface area contributed by atoms with Crippen LogP contribution >= 0.6 is 15.9 Å². The molecule has 0 aliphatic carbocycles. The number of benzene rings is 3. The first-order valence-corrected chi connectivity index (χ1v) is 29.4. The highest BCUT2D eigenvalue weighted by Gasteiger charge is 2.52. The molecule has 424 valence electrons. The van der Waals surface area contributed by atoms with Gasteiger partial charge in [-0.1, -0.05) is 33.6 Å². The highest BCUT2D eigenvalue weighted by Crippen LogP contribution is 2.35. The zero-order chi connectivity index (χ0) is 57.3. The molecule has 80 heavy (non-hydrogen) atoms. The minimum atomic E-state index is -3.71. The maximum absolute atomic E-state index is 13.7. The van der Waals surface area contributed by atoms with E-state index < -0.39 is 32.8 Å². The monoisotopic (exact) mass is 1180 g/mol. The van der Waals surface area contributed by atoms with Crippen LogP contribution in [0.3, 0.4) is 0 Å². The molecule has 4 aromatic heterocycles. The summed E-state index contributed by atoms with van der Waals surface area (Å²) in [6.07, 6.45) is 5.46. The number of rotatable bonds is 7. The van der Waals surface area contributed by atoms with Crippen molar-refractivity contribution in [3.63, 3.8) is 0 Å². The molecule has 4 fully saturated rings. The summed E-state index contributed by atoms with van der Waals surface area (Å²) in [5.74, 6) is 0.805. The summed E-state index contributed by atoms with van der Waals surface area (Å²) < 4.78 is 59.6. The van der Waals surface area contributed by atoms with Crippen LogP contribution in [0.1, 0.15) is 85.9 Å². The highest BCUT2D eigenvalue weighted by molar-refractivity contribution is 9.08. The molecule has 3 amide bonds. The lowest BCUT2D eigenvalue weighted by Crippen LogP contribution is -2.69. The molecule has 3 aromatic carbocycles. The summed E-state index contributed by atoms with van der Waals surface area (Å²) in [4.78, 5) is 68.4. The van der Waals surface area contributed by atoms with Gasteiger partial charge in [-0.15, -0.1) is 0 Å². The van der Waals surface area contributed by atoms with E-state index in [1.54, 1.807) is 35.2 Å². The number of carbonyl (C=O) groups is 3. The van der Waals surface area contributed by atoms with Crippen molar-refractivity contribution in [2.75, 3.05) is 62.2 Å². The minimum absolute atomic E-state index is 0.0967. The summed E-state index contributed by atoms with van der Waals surface area (Å²) in [6, 6.07) is 19.4. The molecule has 4 saturated heterocycles. The Hall–Kier alpha value is -7.04. The number of halogens is 3. The number of alkyl halides is 1. The Morgan fingerprint density at radius 3 is 1.85 bits per heavy atom. The van der Waals surface area contributed by atoms with Gasteiger partial charge in [0, 0.05) is 116 Å². The van der Waals surface area contributed by atoms with Crippen molar-refractivity contribution in [3.05, 3.63) is 136 Å². The largest absolute Gasteiger partial charge is 0.444 e. The third-order valence-electron chi connectivity index (χ3n) is 15.1. The zero-order valence-electron chi connectivity index (χ0n) is 46.5. The van der Waals surface area contributed by atoms with Crippen LogP contribution in [0, 0.1) is 46.3 Å². The van der Waals surface area contributed by atoms with E-state index in [2.05, 4.69) is 61.3 Å². The molecule has 4 aliphatic heterocycles. The standard InChI is InChI=1S/C23H27FN6O.C19H29N5O3.C16H13BrFNO2S/c1-15-11-16(2)28-22(27-15)29-8-5-23(6-9-29)21(31)30(10-7-26-23)14-17-13-25-20-4-3-18(24)12-19(17)20;1-13-12-14(2)22-16(21-13)23-9-6-19(7-10-23)15(25)20-8-11-24(19)17(26)27-18(3,4)5;1-11-2-5-14(6-3-11)22(20,21)19-10-12(9-17)15-8-13(18)4-7-16(15)19/h3-4,11-13,25-26H,5-10,14H2,1-2H3;12H,6-11H2,1-5H3,(H,20,25);2-8,10H,9H2,1H3. The van der Waals surface area contributed by atoms with Crippen molar-refractivity contribution in [3.8, 4) is 0 Å². The number of amides is 3. The molecule has 0 unspecified atom stereocenters. The minimum Gasteiger partial charge on any atom is -0.444 e. The quantitative estimate of drug-likeness (QED) is 0.128. The Balaban J connectivity index is 0.000000147. The average molecular weight is 1180 g/mol. The summed E-state index contributed by atoms with van der Waals surface area (Å²) in [6.45, 7) is 20.7. The van der Waals surface area contributed by atoms with Crippen LogP contribution in [-0.2, 0) is 36.2 Å². The number of aromatic nitrogens is 6. The molecule has 0 radical (unpaired) electrons. The maximum Gasteiger partial charge on any atom is 0.411 e. The SMILES string of the molecule is Cc1cc(C)nc(N2CCC3(CC2)C(=O)NCCN3C(=O)OC(C)(C)C)n1.Cc1cc(C)nc(N2CCC3(CC2)NCCN(Cc2c[nH]c4ccc(F)cc24)C3=O)n1.Cc1ccc(S(=O)(=O)n2cc(CBr)c3cc(F)ccc32)cc1. The van der Waals surface area contributed by atoms with Crippen molar-refractivity contribution >= 4 is 77.6 Å². The number of piperidine rings is 2. The van der Waals surface area contributed by atoms with Crippen molar-refractivity contribution in [1.82, 2.24) is 49.3 Å². The number of ether oxygens (including phenoxy) is 1. The Bertz CT molecular complexity index is 3510. The number of aryl methyl sites for hydroxylation is 5. The van der Waals surface area contributed by atoms with E-state index in [0.717, 1.165) is 76.0 Å². The summed E-state index contributed by atoms with van der Waals surface area (Å²) in [7, 11) is -3.71. The van der Waals surface area contributed by atoms with Crippen LogP contribution in [-0.4, -0.2) is 134 Å². The van der Waals surface area contributed by atoms with Gasteiger partial charge in [0.15, 0.2) is 0 Å². The second-order valence-electron chi connectivity index (χ2n) is 22.1. The van der Waals surface area contributed by atoms with Crippen LogP contribution < -0.4 is 20.4 Å². The van der Waals surface area contributed by atoms with Gasteiger partial charge >= 0.3 is 6.09 Å². The topological polar surface area (TPSA) is 204 Å². The molecule has 3 N–H and O–H groups in total. The number of hydrogen-bond acceptors (Lipinski definition) is 13. The predicted molar refractivity (Wildman–Crippen MR) is 307 cm³/mol. The van der Waals surface area contributed by atoms with E-state index in [1.807, 2.05) is 78.6 Å². The number of anilines is 2. The molecule has 0 saturated carbocycles. The second-order valence-corrected chi connectivity index (χ2v) is 24.5. The van der Waals surface area contributed by atoms with Crippen molar-refractivity contribution in [1.29, 1.82) is 0 Å². The molecule has 8 heterocycles. The van der Waals surface area contributed by atoms with Gasteiger partial charge in [-0.05, 0) is 153 Å². The lowest BCUT2D eigenvalue weighted by atomic mass is 9.83. The molecule has 0 bridgehead atoms. The zero-order valence-corrected chi connectivity index (χ0v) is 48.9. The number of H-pyrrole nitrogens is 1. The average Bonchev–Trinajstić information content (AvgIpc) is 4.14. The van der Waals surface area contributed by atoms with Gasteiger partial charge in [-0.25, -0.2) is 45.9 Å². The molecule has 22 heteroatoms. The van der Waals surface area contributed by atoms with Gasteiger partial charge in [-0.3, -0.25) is 14.5 Å². The fourth-order valence-electron chi connectivity index (χ4n) is 11.0. The van der Waals surface area contributed by atoms with E-state index in [1.165, 1.54) is 40.5 Å². The molecule has 0 atom stereocenters. The highest BCUT2D eigenvalue weighted by atomic mass is 79.9. The number of carbonyl (C=O) groups excluding carboxylic acids is 3. The van der Waals surface area contributed by atoms with Crippen molar-refractivity contribution in [2.45, 2.75) is 115 Å².